The van der Waals surface area contributed by atoms with Gasteiger partial charge in [0.1, 0.15) is 6.10 Å². The molecule has 0 aliphatic carbocycles. The van der Waals surface area contributed by atoms with E-state index in [9.17, 15) is 9.18 Å². The molecule has 2 N–H and O–H groups in total. The van der Waals surface area contributed by atoms with Gasteiger partial charge in [0.05, 0.1) is 12.7 Å². The summed E-state index contributed by atoms with van der Waals surface area (Å²) in [4.78, 5) is 11.7. The van der Waals surface area contributed by atoms with E-state index in [-0.39, 0.29) is 18.2 Å². The van der Waals surface area contributed by atoms with Crippen molar-refractivity contribution >= 4 is 17.6 Å². The van der Waals surface area contributed by atoms with Gasteiger partial charge >= 0.3 is 6.03 Å². The molecule has 1 saturated heterocycles. The highest BCUT2D eigenvalue weighted by atomic mass is 35.5. The number of ether oxygens (including phenoxy) is 1. The zero-order valence-corrected chi connectivity index (χ0v) is 11.8. The van der Waals surface area contributed by atoms with Crippen LogP contribution in [0, 0.1) is 0 Å². The molecule has 1 aliphatic rings. The summed E-state index contributed by atoms with van der Waals surface area (Å²) >= 11 is 5.86. The van der Waals surface area contributed by atoms with E-state index < -0.39 is 6.67 Å². The minimum Gasteiger partial charge on any atom is -0.371 e. The van der Waals surface area contributed by atoms with Crippen molar-refractivity contribution in [3.63, 3.8) is 0 Å². The van der Waals surface area contributed by atoms with E-state index in [0.29, 0.717) is 24.6 Å². The number of nitrogens with one attached hydrogen (secondary N) is 2. The van der Waals surface area contributed by atoms with Crippen LogP contribution in [0.1, 0.15) is 24.5 Å². The Bertz CT molecular complexity index is 441. The van der Waals surface area contributed by atoms with Crippen LogP contribution in [-0.2, 0) is 4.74 Å². The standard InChI is InChI=1S/C14H18ClFN2O2/c15-11-4-2-10(3-5-11)13-12(6-9-20-13)18-14(19)17-8-1-7-16/h2-5,12-13H,1,6-9H2,(H2,17,18,19)/t12-,13-/m0/s1. The molecule has 6 heteroatoms. The monoisotopic (exact) mass is 300 g/mol. The number of rotatable bonds is 5. The molecule has 0 radical (unpaired) electrons. The average Bonchev–Trinajstić information content (AvgIpc) is 2.88. The minimum atomic E-state index is -0.430. The highest BCUT2D eigenvalue weighted by molar-refractivity contribution is 6.30. The predicted octanol–water partition coefficient (Wildman–Crippen LogP) is 2.83. The van der Waals surface area contributed by atoms with E-state index in [2.05, 4.69) is 10.6 Å². The summed E-state index contributed by atoms with van der Waals surface area (Å²) in [6.45, 7) is 0.504. The number of hydrogen-bond donors (Lipinski definition) is 2. The Balaban J connectivity index is 1.90. The average molecular weight is 301 g/mol. The zero-order chi connectivity index (χ0) is 14.4. The number of alkyl halides is 1. The molecule has 1 heterocycles. The number of hydrogen-bond acceptors (Lipinski definition) is 2. The molecule has 2 amide bonds. The highest BCUT2D eigenvalue weighted by Gasteiger charge is 2.30. The molecule has 0 bridgehead atoms. The summed E-state index contributed by atoms with van der Waals surface area (Å²) in [5, 5.41) is 6.16. The van der Waals surface area contributed by atoms with Gasteiger partial charge in [0.15, 0.2) is 0 Å². The number of carbonyl (C=O) groups is 1. The Labute approximate surface area is 122 Å². The molecule has 4 nitrogen and oxygen atoms in total. The Morgan fingerprint density at radius 3 is 2.85 bits per heavy atom. The first kappa shape index (κ1) is 15.1. The summed E-state index contributed by atoms with van der Waals surface area (Å²) in [5.41, 5.74) is 0.987. The molecule has 1 fully saturated rings. The van der Waals surface area contributed by atoms with Crippen LogP contribution >= 0.6 is 11.6 Å². The third-order valence-electron chi connectivity index (χ3n) is 3.20. The van der Waals surface area contributed by atoms with Crippen molar-refractivity contribution in [3.8, 4) is 0 Å². The van der Waals surface area contributed by atoms with Gasteiger partial charge in [-0.05, 0) is 30.5 Å². The zero-order valence-electron chi connectivity index (χ0n) is 11.1. The second-order valence-corrected chi connectivity index (χ2v) is 5.12. The van der Waals surface area contributed by atoms with E-state index in [4.69, 9.17) is 16.3 Å². The first-order valence-corrected chi connectivity index (χ1v) is 7.06. The van der Waals surface area contributed by atoms with Crippen LogP contribution in [0.4, 0.5) is 9.18 Å². The first-order chi connectivity index (χ1) is 9.70. The fourth-order valence-electron chi connectivity index (χ4n) is 2.21. The second kappa shape index (κ2) is 7.45. The number of carbonyl (C=O) groups excluding carboxylic acids is 1. The predicted molar refractivity (Wildman–Crippen MR) is 75.7 cm³/mol. The summed E-state index contributed by atoms with van der Waals surface area (Å²) in [6, 6.07) is 7.03. The molecule has 0 saturated carbocycles. The molecule has 110 valence electrons. The van der Waals surface area contributed by atoms with Gasteiger partial charge in [0, 0.05) is 18.2 Å². The molecule has 0 spiro atoms. The fraction of sp³-hybridized carbons (Fsp3) is 0.500. The van der Waals surface area contributed by atoms with Gasteiger partial charge in [0.2, 0.25) is 0 Å². The van der Waals surface area contributed by atoms with Crippen LogP contribution in [0.25, 0.3) is 0 Å². The first-order valence-electron chi connectivity index (χ1n) is 6.68. The molecule has 1 aromatic carbocycles. The molecule has 2 atom stereocenters. The van der Waals surface area contributed by atoms with Gasteiger partial charge in [-0.1, -0.05) is 23.7 Å². The molecule has 0 aromatic heterocycles. The highest BCUT2D eigenvalue weighted by Crippen LogP contribution is 2.29. The third-order valence-corrected chi connectivity index (χ3v) is 3.45. The Morgan fingerprint density at radius 2 is 2.15 bits per heavy atom. The van der Waals surface area contributed by atoms with Crippen LogP contribution in [0.3, 0.4) is 0 Å². The molecule has 0 unspecified atom stereocenters. The maximum atomic E-state index is 12.0. The van der Waals surface area contributed by atoms with Gasteiger partial charge in [-0.2, -0.15) is 0 Å². The SMILES string of the molecule is O=C(NCCCF)N[C@H]1CCO[C@H]1c1ccc(Cl)cc1. The number of halogens is 2. The van der Waals surface area contributed by atoms with Crippen LogP contribution in [0.15, 0.2) is 24.3 Å². The maximum absolute atomic E-state index is 12.0. The fourth-order valence-corrected chi connectivity index (χ4v) is 2.33. The van der Waals surface area contributed by atoms with E-state index in [1.165, 1.54) is 0 Å². The summed E-state index contributed by atoms with van der Waals surface area (Å²) in [6.07, 6.45) is 0.915. The van der Waals surface area contributed by atoms with Crippen molar-refractivity contribution in [1.29, 1.82) is 0 Å². The van der Waals surface area contributed by atoms with Crippen molar-refractivity contribution < 1.29 is 13.9 Å². The van der Waals surface area contributed by atoms with Crippen molar-refractivity contribution in [3.05, 3.63) is 34.9 Å². The summed E-state index contributed by atoms with van der Waals surface area (Å²) < 4.78 is 17.6. The number of benzene rings is 1. The van der Waals surface area contributed by atoms with Gasteiger partial charge in [-0.3, -0.25) is 4.39 Å². The molecular formula is C14H18ClFN2O2. The van der Waals surface area contributed by atoms with Crippen molar-refractivity contribution in [2.45, 2.75) is 25.0 Å². The number of amides is 2. The van der Waals surface area contributed by atoms with E-state index in [1.54, 1.807) is 12.1 Å². The van der Waals surface area contributed by atoms with Gasteiger partial charge in [0.25, 0.3) is 0 Å². The summed E-state index contributed by atoms with van der Waals surface area (Å²) in [7, 11) is 0. The number of urea groups is 1. The van der Waals surface area contributed by atoms with E-state index >= 15 is 0 Å². The molecule has 20 heavy (non-hydrogen) atoms. The molecule has 1 aromatic rings. The van der Waals surface area contributed by atoms with Gasteiger partial charge < -0.3 is 15.4 Å². The van der Waals surface area contributed by atoms with E-state index in [0.717, 1.165) is 12.0 Å². The summed E-state index contributed by atoms with van der Waals surface area (Å²) in [5.74, 6) is 0. The minimum absolute atomic E-state index is 0.0819. The maximum Gasteiger partial charge on any atom is 0.315 e. The van der Waals surface area contributed by atoms with Gasteiger partial charge in [-0.25, -0.2) is 4.79 Å². The lowest BCUT2D eigenvalue weighted by atomic mass is 10.0. The van der Waals surface area contributed by atoms with E-state index in [1.807, 2.05) is 12.1 Å². The van der Waals surface area contributed by atoms with Crippen LogP contribution < -0.4 is 10.6 Å². The van der Waals surface area contributed by atoms with Crippen molar-refractivity contribution in [2.24, 2.45) is 0 Å². The smallest absolute Gasteiger partial charge is 0.315 e. The molecular weight excluding hydrogens is 283 g/mol. The normalized spacial score (nSPS) is 21.7. The van der Waals surface area contributed by atoms with Crippen molar-refractivity contribution in [1.82, 2.24) is 10.6 Å². The van der Waals surface area contributed by atoms with Crippen LogP contribution in [-0.4, -0.2) is 31.9 Å². The molecule has 2 rings (SSSR count). The molecule has 1 aliphatic heterocycles. The Morgan fingerprint density at radius 1 is 1.40 bits per heavy atom. The lowest BCUT2D eigenvalue weighted by molar-refractivity contribution is 0.0999. The largest absolute Gasteiger partial charge is 0.371 e. The third kappa shape index (κ3) is 4.08. The second-order valence-electron chi connectivity index (χ2n) is 4.68. The van der Waals surface area contributed by atoms with Crippen LogP contribution in [0.2, 0.25) is 5.02 Å². The Hall–Kier alpha value is -1.33. The van der Waals surface area contributed by atoms with Crippen LogP contribution in [0.5, 0.6) is 0 Å². The lowest BCUT2D eigenvalue weighted by Crippen LogP contribution is -2.43. The Kier molecular flexibility index (Phi) is 5.61. The lowest BCUT2D eigenvalue weighted by Gasteiger charge is -2.20. The van der Waals surface area contributed by atoms with Crippen molar-refractivity contribution in [2.75, 3.05) is 19.8 Å². The topological polar surface area (TPSA) is 50.4 Å². The van der Waals surface area contributed by atoms with Gasteiger partial charge in [-0.15, -0.1) is 0 Å². The quantitative estimate of drug-likeness (QED) is 0.822.